The summed E-state index contributed by atoms with van der Waals surface area (Å²) >= 11 is 0. The first-order chi connectivity index (χ1) is 9.79. The standard InChI is InChI=1S/C16H27NO3S/c1-7-17(8-2)21(18,19)16-11-14(12(4)5)13(6)10-15(16)20-9-3/h10-12H,7-9H2,1-6H3. The second-order valence-corrected chi connectivity index (χ2v) is 7.24. The van der Waals surface area contributed by atoms with Gasteiger partial charge in [-0.1, -0.05) is 27.7 Å². The van der Waals surface area contributed by atoms with Crippen LogP contribution < -0.4 is 4.74 Å². The van der Waals surface area contributed by atoms with Crippen molar-refractivity contribution in [3.05, 3.63) is 23.3 Å². The van der Waals surface area contributed by atoms with Crippen molar-refractivity contribution >= 4 is 10.0 Å². The smallest absolute Gasteiger partial charge is 0.246 e. The van der Waals surface area contributed by atoms with Crippen LogP contribution in [0.3, 0.4) is 0 Å². The lowest BCUT2D eigenvalue weighted by Crippen LogP contribution is -2.31. The van der Waals surface area contributed by atoms with Gasteiger partial charge in [0.15, 0.2) is 0 Å². The summed E-state index contributed by atoms with van der Waals surface area (Å²) in [5.74, 6) is 0.720. The van der Waals surface area contributed by atoms with E-state index >= 15 is 0 Å². The Kier molecular flexibility index (Phi) is 6.23. The van der Waals surface area contributed by atoms with Gasteiger partial charge in [-0.15, -0.1) is 0 Å². The van der Waals surface area contributed by atoms with Gasteiger partial charge in [0.25, 0.3) is 0 Å². The molecule has 0 aliphatic rings. The zero-order chi connectivity index (χ0) is 16.2. The summed E-state index contributed by atoms with van der Waals surface area (Å²) in [5.41, 5.74) is 2.11. The van der Waals surface area contributed by atoms with Gasteiger partial charge in [0.05, 0.1) is 6.61 Å². The van der Waals surface area contributed by atoms with Crippen LogP contribution in [0.5, 0.6) is 5.75 Å². The lowest BCUT2D eigenvalue weighted by Gasteiger charge is -2.22. The lowest BCUT2D eigenvalue weighted by atomic mass is 9.98. The van der Waals surface area contributed by atoms with Gasteiger partial charge >= 0.3 is 0 Å². The fourth-order valence-electron chi connectivity index (χ4n) is 2.47. The molecule has 4 nitrogen and oxygen atoms in total. The third-order valence-corrected chi connectivity index (χ3v) is 5.65. The normalized spacial score (nSPS) is 12.2. The molecule has 0 unspecified atom stereocenters. The SMILES string of the molecule is CCOc1cc(C)c(C(C)C)cc1S(=O)(=O)N(CC)CC. The van der Waals surface area contributed by atoms with E-state index in [9.17, 15) is 8.42 Å². The average Bonchev–Trinajstić information content (AvgIpc) is 2.39. The Morgan fingerprint density at radius 3 is 2.14 bits per heavy atom. The highest BCUT2D eigenvalue weighted by Crippen LogP contribution is 2.33. The van der Waals surface area contributed by atoms with E-state index in [1.807, 2.05) is 33.8 Å². The van der Waals surface area contributed by atoms with Gasteiger partial charge in [0.1, 0.15) is 10.6 Å². The molecule has 0 radical (unpaired) electrons. The lowest BCUT2D eigenvalue weighted by molar-refractivity contribution is 0.328. The Labute approximate surface area is 129 Å². The topological polar surface area (TPSA) is 46.6 Å². The molecule has 0 aliphatic heterocycles. The number of benzene rings is 1. The Hall–Kier alpha value is -1.07. The van der Waals surface area contributed by atoms with Crippen molar-refractivity contribution in [2.24, 2.45) is 0 Å². The highest BCUT2D eigenvalue weighted by Gasteiger charge is 2.27. The number of nitrogens with zero attached hydrogens (tertiary/aromatic N) is 1. The van der Waals surface area contributed by atoms with Crippen molar-refractivity contribution in [2.45, 2.75) is 52.4 Å². The minimum atomic E-state index is -3.52. The molecule has 0 saturated heterocycles. The number of aryl methyl sites for hydroxylation is 1. The second kappa shape index (κ2) is 7.27. The van der Waals surface area contributed by atoms with Crippen LogP contribution in [0.25, 0.3) is 0 Å². The zero-order valence-corrected chi connectivity index (χ0v) is 14.8. The van der Waals surface area contributed by atoms with Gasteiger partial charge < -0.3 is 4.74 Å². The van der Waals surface area contributed by atoms with Crippen LogP contribution in [-0.4, -0.2) is 32.4 Å². The van der Waals surface area contributed by atoms with E-state index < -0.39 is 10.0 Å². The zero-order valence-electron chi connectivity index (χ0n) is 13.9. The predicted molar refractivity (Wildman–Crippen MR) is 86.5 cm³/mol. The number of hydrogen-bond acceptors (Lipinski definition) is 3. The van der Waals surface area contributed by atoms with Gasteiger partial charge in [-0.25, -0.2) is 8.42 Å². The fraction of sp³-hybridized carbons (Fsp3) is 0.625. The van der Waals surface area contributed by atoms with E-state index in [0.717, 1.165) is 11.1 Å². The highest BCUT2D eigenvalue weighted by molar-refractivity contribution is 7.89. The molecule has 0 aromatic heterocycles. The monoisotopic (exact) mass is 313 g/mol. The molecule has 1 aromatic rings. The van der Waals surface area contributed by atoms with E-state index in [2.05, 4.69) is 13.8 Å². The molecule has 0 aliphatic carbocycles. The third-order valence-electron chi connectivity index (χ3n) is 3.58. The average molecular weight is 313 g/mol. The molecule has 120 valence electrons. The summed E-state index contributed by atoms with van der Waals surface area (Å²) in [7, 11) is -3.52. The van der Waals surface area contributed by atoms with Crippen LogP contribution >= 0.6 is 0 Å². The summed E-state index contributed by atoms with van der Waals surface area (Å²) in [5, 5.41) is 0. The number of rotatable bonds is 7. The first-order valence-corrected chi connectivity index (χ1v) is 9.00. The molecule has 0 N–H and O–H groups in total. The molecular formula is C16H27NO3S. The maximum absolute atomic E-state index is 12.8. The van der Waals surface area contributed by atoms with Gasteiger partial charge in [-0.3, -0.25) is 0 Å². The first-order valence-electron chi connectivity index (χ1n) is 7.56. The predicted octanol–water partition coefficient (Wildman–Crippen LogP) is 3.55. The van der Waals surface area contributed by atoms with Crippen LogP contribution in [0.1, 0.15) is 51.7 Å². The molecule has 0 amide bonds. The summed E-state index contributed by atoms with van der Waals surface area (Å²) < 4.78 is 32.7. The van der Waals surface area contributed by atoms with Crippen molar-refractivity contribution in [3.63, 3.8) is 0 Å². The van der Waals surface area contributed by atoms with E-state index in [4.69, 9.17) is 4.74 Å². The molecule has 1 aromatic carbocycles. The maximum Gasteiger partial charge on any atom is 0.246 e. The summed E-state index contributed by atoms with van der Waals surface area (Å²) in [4.78, 5) is 0.280. The van der Waals surface area contributed by atoms with Crippen LogP contribution in [0.15, 0.2) is 17.0 Å². The fourth-order valence-corrected chi connectivity index (χ4v) is 4.08. The van der Waals surface area contributed by atoms with E-state index in [1.165, 1.54) is 4.31 Å². The Morgan fingerprint density at radius 1 is 1.14 bits per heavy atom. The highest BCUT2D eigenvalue weighted by atomic mass is 32.2. The van der Waals surface area contributed by atoms with Crippen LogP contribution in [0.4, 0.5) is 0 Å². The summed E-state index contributed by atoms with van der Waals surface area (Å²) in [6.07, 6.45) is 0. The molecule has 1 rings (SSSR count). The van der Waals surface area contributed by atoms with E-state index in [0.29, 0.717) is 25.4 Å². The van der Waals surface area contributed by atoms with Crippen molar-refractivity contribution < 1.29 is 13.2 Å². The largest absolute Gasteiger partial charge is 0.492 e. The molecular weight excluding hydrogens is 286 g/mol. The number of sulfonamides is 1. The van der Waals surface area contributed by atoms with E-state index in [1.54, 1.807) is 6.07 Å². The minimum Gasteiger partial charge on any atom is -0.492 e. The quantitative estimate of drug-likeness (QED) is 0.773. The Morgan fingerprint density at radius 2 is 1.71 bits per heavy atom. The molecule has 0 heterocycles. The molecule has 5 heteroatoms. The summed E-state index contributed by atoms with van der Waals surface area (Å²) in [6.45, 7) is 13.0. The third kappa shape index (κ3) is 3.77. The van der Waals surface area contributed by atoms with Gasteiger partial charge in [0.2, 0.25) is 10.0 Å². The Bertz CT molecular complexity index is 575. The molecule has 0 saturated carbocycles. The Balaban J connectivity index is 3.54. The van der Waals surface area contributed by atoms with Gasteiger partial charge in [-0.2, -0.15) is 4.31 Å². The van der Waals surface area contributed by atoms with Crippen molar-refractivity contribution in [1.29, 1.82) is 0 Å². The molecule has 0 fully saturated rings. The van der Waals surface area contributed by atoms with Gasteiger partial charge in [-0.05, 0) is 43.0 Å². The summed E-state index contributed by atoms with van der Waals surface area (Å²) in [6, 6.07) is 3.62. The molecule has 21 heavy (non-hydrogen) atoms. The number of ether oxygens (including phenoxy) is 1. The van der Waals surface area contributed by atoms with Crippen molar-refractivity contribution in [1.82, 2.24) is 4.31 Å². The van der Waals surface area contributed by atoms with Crippen LogP contribution in [0.2, 0.25) is 0 Å². The van der Waals surface area contributed by atoms with E-state index in [-0.39, 0.29) is 10.8 Å². The second-order valence-electron chi connectivity index (χ2n) is 5.33. The molecule has 0 bridgehead atoms. The van der Waals surface area contributed by atoms with Crippen molar-refractivity contribution in [2.75, 3.05) is 19.7 Å². The molecule has 0 atom stereocenters. The number of hydrogen-bond donors (Lipinski definition) is 0. The maximum atomic E-state index is 12.8. The minimum absolute atomic E-state index is 0.270. The van der Waals surface area contributed by atoms with Gasteiger partial charge in [0, 0.05) is 13.1 Å². The van der Waals surface area contributed by atoms with Crippen LogP contribution in [0, 0.1) is 6.92 Å². The van der Waals surface area contributed by atoms with Crippen LogP contribution in [-0.2, 0) is 10.0 Å². The van der Waals surface area contributed by atoms with Crippen molar-refractivity contribution in [3.8, 4) is 5.75 Å². The first kappa shape index (κ1) is 18.0. The molecule has 0 spiro atoms.